The molecule has 0 aliphatic rings. The lowest BCUT2D eigenvalue weighted by atomic mass is 10.0. The van der Waals surface area contributed by atoms with Gasteiger partial charge in [0.05, 0.1) is 0 Å². The van der Waals surface area contributed by atoms with E-state index in [2.05, 4.69) is 16.7 Å². The molecule has 14 heavy (non-hydrogen) atoms. The van der Waals surface area contributed by atoms with Gasteiger partial charge in [-0.3, -0.25) is 9.98 Å². The maximum atomic E-state index is 4.14. The highest BCUT2D eigenvalue weighted by molar-refractivity contribution is 6.22. The van der Waals surface area contributed by atoms with Crippen LogP contribution >= 0.6 is 0 Å². The van der Waals surface area contributed by atoms with Crippen LogP contribution in [0.1, 0.15) is 12.5 Å². The van der Waals surface area contributed by atoms with Gasteiger partial charge in [0, 0.05) is 24.5 Å². The fourth-order valence-electron chi connectivity index (χ4n) is 1.21. The molecule has 0 atom stereocenters. The molecule has 2 nitrogen and oxygen atoms in total. The Morgan fingerprint density at radius 2 is 1.93 bits per heavy atom. The number of rotatable bonds is 3. The van der Waals surface area contributed by atoms with Gasteiger partial charge in [0.25, 0.3) is 0 Å². The van der Waals surface area contributed by atoms with E-state index >= 15 is 0 Å². The number of hydrogen-bond acceptors (Lipinski definition) is 2. The molecule has 2 heteroatoms. The van der Waals surface area contributed by atoms with E-state index < -0.39 is 0 Å². The molecule has 0 saturated heterocycles. The van der Waals surface area contributed by atoms with Gasteiger partial charge in [0.1, 0.15) is 0 Å². The quantitative estimate of drug-likeness (QED) is 0.648. The Morgan fingerprint density at radius 1 is 1.29 bits per heavy atom. The first-order valence-corrected chi connectivity index (χ1v) is 4.44. The van der Waals surface area contributed by atoms with Crippen LogP contribution in [0.5, 0.6) is 0 Å². The Kier molecular flexibility index (Phi) is 3.80. The Morgan fingerprint density at radius 3 is 2.43 bits per heavy atom. The Balaban J connectivity index is 3.14. The summed E-state index contributed by atoms with van der Waals surface area (Å²) in [6.45, 7) is 5.42. The fourth-order valence-corrected chi connectivity index (χ4v) is 1.21. The van der Waals surface area contributed by atoms with Crippen LogP contribution in [0.15, 0.2) is 46.5 Å². The third-order valence-corrected chi connectivity index (χ3v) is 2.03. The van der Waals surface area contributed by atoms with Crippen molar-refractivity contribution in [2.75, 3.05) is 7.05 Å². The van der Waals surface area contributed by atoms with Gasteiger partial charge in [-0.15, -0.1) is 0 Å². The molecule has 0 aromatic heterocycles. The van der Waals surface area contributed by atoms with Crippen molar-refractivity contribution >= 4 is 18.0 Å². The Bertz CT molecular complexity index is 361. The minimum absolute atomic E-state index is 0.962. The summed E-state index contributed by atoms with van der Waals surface area (Å²) in [6, 6.07) is 10.0. The van der Waals surface area contributed by atoms with E-state index in [0.717, 1.165) is 16.8 Å². The van der Waals surface area contributed by atoms with E-state index in [0.29, 0.717) is 0 Å². The van der Waals surface area contributed by atoms with Crippen LogP contribution in [-0.2, 0) is 0 Å². The van der Waals surface area contributed by atoms with Gasteiger partial charge in [-0.05, 0) is 19.2 Å². The molecule has 0 unspecified atom stereocenters. The van der Waals surface area contributed by atoms with Crippen molar-refractivity contribution in [3.05, 3.63) is 42.1 Å². The largest absolute Gasteiger partial charge is 0.293 e. The van der Waals surface area contributed by atoms with E-state index in [-0.39, 0.29) is 0 Å². The number of nitrogens with zero attached hydrogens (tertiary/aromatic N) is 2. The fraction of sp³-hybridized carbons (Fsp3) is 0.167. The monoisotopic (exact) mass is 186 g/mol. The SMILES string of the molecule is C=N/C=C(\C(C)=NC)c1ccccc1. The summed E-state index contributed by atoms with van der Waals surface area (Å²) >= 11 is 0. The third kappa shape index (κ3) is 2.39. The van der Waals surface area contributed by atoms with Gasteiger partial charge in [-0.2, -0.15) is 0 Å². The van der Waals surface area contributed by atoms with Gasteiger partial charge in [-0.1, -0.05) is 30.3 Å². The molecule has 0 N–H and O–H groups in total. The van der Waals surface area contributed by atoms with Crippen molar-refractivity contribution in [3.8, 4) is 0 Å². The van der Waals surface area contributed by atoms with E-state index in [1.54, 1.807) is 13.2 Å². The van der Waals surface area contributed by atoms with Crippen molar-refractivity contribution in [3.63, 3.8) is 0 Å². The molecule has 0 aliphatic heterocycles. The summed E-state index contributed by atoms with van der Waals surface area (Å²) in [7, 11) is 1.77. The molecule has 1 aromatic rings. The lowest BCUT2D eigenvalue weighted by Crippen LogP contribution is -1.96. The smallest absolute Gasteiger partial charge is 0.0407 e. The molecule has 0 amide bonds. The van der Waals surface area contributed by atoms with Gasteiger partial charge in [0.15, 0.2) is 0 Å². The van der Waals surface area contributed by atoms with E-state index in [1.807, 2.05) is 37.3 Å². The summed E-state index contributed by atoms with van der Waals surface area (Å²) in [5.74, 6) is 0. The van der Waals surface area contributed by atoms with Crippen LogP contribution in [0, 0.1) is 0 Å². The number of allylic oxidation sites excluding steroid dienone is 1. The molecule has 0 heterocycles. The van der Waals surface area contributed by atoms with Crippen molar-refractivity contribution in [1.82, 2.24) is 0 Å². The first-order chi connectivity index (χ1) is 6.79. The zero-order valence-corrected chi connectivity index (χ0v) is 8.57. The van der Waals surface area contributed by atoms with Crippen LogP contribution in [-0.4, -0.2) is 19.5 Å². The van der Waals surface area contributed by atoms with E-state index in [9.17, 15) is 0 Å². The molecule has 0 fully saturated rings. The van der Waals surface area contributed by atoms with Crippen molar-refractivity contribution < 1.29 is 0 Å². The van der Waals surface area contributed by atoms with Crippen LogP contribution in [0.25, 0.3) is 5.57 Å². The predicted molar refractivity (Wildman–Crippen MR) is 63.0 cm³/mol. The van der Waals surface area contributed by atoms with Crippen LogP contribution in [0.2, 0.25) is 0 Å². The van der Waals surface area contributed by atoms with Gasteiger partial charge >= 0.3 is 0 Å². The summed E-state index contributed by atoms with van der Waals surface area (Å²) < 4.78 is 0. The lowest BCUT2D eigenvalue weighted by Gasteiger charge is -2.04. The highest BCUT2D eigenvalue weighted by atomic mass is 14.7. The maximum Gasteiger partial charge on any atom is 0.0407 e. The molecule has 0 bridgehead atoms. The molecule has 0 saturated carbocycles. The molecule has 0 aliphatic carbocycles. The van der Waals surface area contributed by atoms with E-state index in [4.69, 9.17) is 0 Å². The van der Waals surface area contributed by atoms with Crippen LogP contribution < -0.4 is 0 Å². The molecule has 72 valence electrons. The number of benzene rings is 1. The maximum absolute atomic E-state index is 4.14. The Labute approximate surface area is 84.7 Å². The average molecular weight is 186 g/mol. The average Bonchev–Trinajstić information content (AvgIpc) is 2.26. The van der Waals surface area contributed by atoms with Crippen molar-refractivity contribution in [2.45, 2.75) is 6.92 Å². The summed E-state index contributed by atoms with van der Waals surface area (Å²) in [5, 5.41) is 0. The Hall–Kier alpha value is -1.70. The van der Waals surface area contributed by atoms with Gasteiger partial charge < -0.3 is 0 Å². The van der Waals surface area contributed by atoms with Crippen molar-refractivity contribution in [1.29, 1.82) is 0 Å². The second-order valence-electron chi connectivity index (χ2n) is 2.90. The number of aliphatic imine (C=N–C) groups is 2. The molecular formula is C12H14N2. The minimum atomic E-state index is 0.962. The minimum Gasteiger partial charge on any atom is -0.293 e. The second kappa shape index (κ2) is 5.12. The normalized spacial score (nSPS) is 12.7. The standard InChI is InChI=1S/C12H14N2/c1-10(14-3)12(9-13-2)11-7-5-4-6-8-11/h4-9H,2H2,1,3H3/b12-9+,14-10?. The summed E-state index contributed by atoms with van der Waals surface area (Å²) in [6.07, 6.45) is 1.73. The first-order valence-electron chi connectivity index (χ1n) is 4.44. The predicted octanol–water partition coefficient (Wildman–Crippen LogP) is 2.82. The second-order valence-corrected chi connectivity index (χ2v) is 2.90. The van der Waals surface area contributed by atoms with Crippen molar-refractivity contribution in [2.24, 2.45) is 9.98 Å². The molecule has 1 aromatic carbocycles. The first kappa shape index (κ1) is 10.4. The van der Waals surface area contributed by atoms with E-state index in [1.165, 1.54) is 0 Å². The van der Waals surface area contributed by atoms with Gasteiger partial charge in [0.2, 0.25) is 0 Å². The lowest BCUT2D eigenvalue weighted by molar-refractivity contribution is 1.42. The molecule has 0 radical (unpaired) electrons. The topological polar surface area (TPSA) is 24.7 Å². The highest BCUT2D eigenvalue weighted by Crippen LogP contribution is 2.15. The zero-order chi connectivity index (χ0) is 10.4. The number of hydrogen-bond donors (Lipinski definition) is 0. The molecule has 0 spiro atoms. The van der Waals surface area contributed by atoms with Crippen LogP contribution in [0.4, 0.5) is 0 Å². The molecular weight excluding hydrogens is 172 g/mol. The van der Waals surface area contributed by atoms with Gasteiger partial charge in [-0.25, -0.2) is 0 Å². The zero-order valence-electron chi connectivity index (χ0n) is 8.57. The summed E-state index contributed by atoms with van der Waals surface area (Å²) in [5.41, 5.74) is 3.09. The highest BCUT2D eigenvalue weighted by Gasteiger charge is 2.02. The van der Waals surface area contributed by atoms with Crippen LogP contribution in [0.3, 0.4) is 0 Å². The third-order valence-electron chi connectivity index (χ3n) is 2.03. The summed E-state index contributed by atoms with van der Waals surface area (Å²) in [4.78, 5) is 7.93. The molecule has 1 rings (SSSR count).